The fourth-order valence-electron chi connectivity index (χ4n) is 0.658. The quantitative estimate of drug-likeness (QED) is 0.534. The molecule has 1 heterocycles. The maximum Gasteiger partial charge on any atom is 0.249 e. The van der Waals surface area contributed by atoms with Crippen LogP contribution in [0.4, 0.5) is 0 Å². The molecule has 1 saturated heterocycles. The van der Waals surface area contributed by atoms with E-state index in [0.29, 0.717) is 0 Å². The number of rotatable bonds is 2. The first-order valence-electron chi connectivity index (χ1n) is 2.88. The zero-order valence-corrected chi connectivity index (χ0v) is 6.53. The molecule has 1 aliphatic rings. The minimum absolute atomic E-state index is 0. The van der Waals surface area contributed by atoms with Crippen molar-refractivity contribution in [1.29, 1.82) is 0 Å². The molecule has 0 spiro atoms. The van der Waals surface area contributed by atoms with Crippen LogP contribution in [0.3, 0.4) is 0 Å². The molecule has 1 rings (SSSR count). The highest BCUT2D eigenvalue weighted by Gasteiger charge is 2.24. The van der Waals surface area contributed by atoms with Gasteiger partial charge in [0.2, 0.25) is 5.91 Å². The van der Waals surface area contributed by atoms with E-state index < -0.39 is 0 Å². The second kappa shape index (κ2) is 4.49. The Kier molecular flexibility index (Phi) is 4.34. The van der Waals surface area contributed by atoms with Crippen molar-refractivity contribution in [2.45, 2.75) is 0 Å². The molecule has 0 saturated carbocycles. The topological polar surface area (TPSA) is 50.4 Å². The lowest BCUT2D eigenvalue weighted by molar-refractivity contribution is -0.137. The smallest absolute Gasteiger partial charge is 0.249 e. The minimum atomic E-state index is -0.0312. The van der Waals surface area contributed by atoms with Gasteiger partial charge in [0.25, 0.3) is 0 Å². The molecule has 0 atom stereocenters. The van der Waals surface area contributed by atoms with E-state index in [2.05, 4.69) is 15.6 Å². The maximum absolute atomic E-state index is 10.7. The first-order chi connectivity index (χ1) is 4.34. The fraction of sp³-hybridized carbons (Fsp3) is 0.800. The van der Waals surface area contributed by atoms with Crippen LogP contribution in [0.25, 0.3) is 0 Å². The first-order valence-corrected chi connectivity index (χ1v) is 2.88. The Morgan fingerprint density at radius 1 is 1.70 bits per heavy atom. The number of carbonyl (C=O) groups is 1. The van der Waals surface area contributed by atoms with Crippen molar-refractivity contribution in [1.82, 2.24) is 10.8 Å². The van der Waals surface area contributed by atoms with Gasteiger partial charge >= 0.3 is 0 Å². The molecular weight excluding hydrogens is 156 g/mol. The second-order valence-electron chi connectivity index (χ2n) is 2.03. The standard InChI is InChI=1S/C5H10N2O2.ClH/c1-9-7-5(8)4-2-6-3-4;/h4,6H,2-3H2,1H3,(H,7,8);1H. The van der Waals surface area contributed by atoms with Crippen molar-refractivity contribution in [2.24, 2.45) is 5.92 Å². The normalized spacial score (nSPS) is 16.9. The van der Waals surface area contributed by atoms with E-state index in [1.54, 1.807) is 0 Å². The fourth-order valence-corrected chi connectivity index (χ4v) is 0.658. The molecule has 10 heavy (non-hydrogen) atoms. The number of nitrogens with one attached hydrogen (secondary N) is 2. The summed E-state index contributed by atoms with van der Waals surface area (Å²) in [5.41, 5.74) is 2.27. The number of carbonyl (C=O) groups excluding carboxylic acids is 1. The van der Waals surface area contributed by atoms with E-state index >= 15 is 0 Å². The third kappa shape index (κ3) is 2.13. The lowest BCUT2D eigenvalue weighted by Gasteiger charge is -2.24. The summed E-state index contributed by atoms with van der Waals surface area (Å²) in [5, 5.41) is 2.98. The molecule has 0 aliphatic carbocycles. The van der Waals surface area contributed by atoms with Crippen molar-refractivity contribution < 1.29 is 9.63 Å². The van der Waals surface area contributed by atoms with Gasteiger partial charge in [-0.3, -0.25) is 9.63 Å². The Hall–Kier alpha value is -0.320. The third-order valence-electron chi connectivity index (χ3n) is 1.35. The predicted molar refractivity (Wildman–Crippen MR) is 38.8 cm³/mol. The van der Waals surface area contributed by atoms with Crippen molar-refractivity contribution >= 4 is 18.3 Å². The Morgan fingerprint density at radius 3 is 2.60 bits per heavy atom. The molecular formula is C5H11ClN2O2. The van der Waals surface area contributed by atoms with Gasteiger partial charge in [-0.1, -0.05) is 0 Å². The van der Waals surface area contributed by atoms with Crippen LogP contribution in [0.5, 0.6) is 0 Å². The average molecular weight is 167 g/mol. The van der Waals surface area contributed by atoms with E-state index in [0.717, 1.165) is 13.1 Å². The molecule has 2 N–H and O–H groups in total. The summed E-state index contributed by atoms with van der Waals surface area (Å²) in [4.78, 5) is 15.2. The lowest BCUT2D eigenvalue weighted by Crippen LogP contribution is -2.50. The van der Waals surface area contributed by atoms with Crippen LogP contribution in [0.15, 0.2) is 0 Å². The summed E-state index contributed by atoms with van der Waals surface area (Å²) in [7, 11) is 1.43. The average Bonchev–Trinajstić information content (AvgIpc) is 1.60. The minimum Gasteiger partial charge on any atom is -0.315 e. The van der Waals surface area contributed by atoms with E-state index in [1.165, 1.54) is 7.11 Å². The van der Waals surface area contributed by atoms with Crippen LogP contribution >= 0.6 is 12.4 Å². The Labute approximate surface area is 65.7 Å². The molecule has 1 amide bonds. The predicted octanol–water partition coefficient (Wildman–Crippen LogP) is -0.695. The van der Waals surface area contributed by atoms with Crippen molar-refractivity contribution in [3.05, 3.63) is 0 Å². The summed E-state index contributed by atoms with van der Waals surface area (Å²) < 4.78 is 0. The van der Waals surface area contributed by atoms with Gasteiger partial charge in [0, 0.05) is 13.1 Å². The van der Waals surface area contributed by atoms with Crippen LogP contribution in [0.1, 0.15) is 0 Å². The molecule has 1 fully saturated rings. The summed E-state index contributed by atoms with van der Waals surface area (Å²) in [6.45, 7) is 1.55. The molecule has 0 aromatic heterocycles. The first kappa shape index (κ1) is 9.68. The van der Waals surface area contributed by atoms with Gasteiger partial charge in [-0.25, -0.2) is 5.48 Å². The SMILES string of the molecule is CONC(=O)C1CNC1.Cl. The van der Waals surface area contributed by atoms with E-state index in [-0.39, 0.29) is 24.2 Å². The summed E-state index contributed by atoms with van der Waals surface area (Å²) in [6.07, 6.45) is 0. The molecule has 1 aliphatic heterocycles. The second-order valence-corrected chi connectivity index (χ2v) is 2.03. The van der Waals surface area contributed by atoms with Gasteiger partial charge in [0.15, 0.2) is 0 Å². The number of hydrogen-bond acceptors (Lipinski definition) is 3. The van der Waals surface area contributed by atoms with Gasteiger partial charge in [-0.2, -0.15) is 0 Å². The molecule has 0 aromatic rings. The summed E-state index contributed by atoms with van der Waals surface area (Å²) >= 11 is 0. The highest BCUT2D eigenvalue weighted by atomic mass is 35.5. The van der Waals surface area contributed by atoms with Crippen LogP contribution in [0.2, 0.25) is 0 Å². The Morgan fingerprint density at radius 2 is 2.30 bits per heavy atom. The molecule has 0 aromatic carbocycles. The van der Waals surface area contributed by atoms with Crippen LogP contribution in [-0.4, -0.2) is 26.1 Å². The Bertz CT molecular complexity index is 116. The van der Waals surface area contributed by atoms with Crippen molar-refractivity contribution in [3.63, 3.8) is 0 Å². The van der Waals surface area contributed by atoms with Crippen molar-refractivity contribution in [2.75, 3.05) is 20.2 Å². The number of hydrogen-bond donors (Lipinski definition) is 2. The van der Waals surface area contributed by atoms with Gasteiger partial charge < -0.3 is 5.32 Å². The highest BCUT2D eigenvalue weighted by Crippen LogP contribution is 2.00. The van der Waals surface area contributed by atoms with Crippen LogP contribution in [0, 0.1) is 5.92 Å². The van der Waals surface area contributed by atoms with Gasteiger partial charge in [0.1, 0.15) is 0 Å². The molecule has 60 valence electrons. The van der Waals surface area contributed by atoms with Gasteiger partial charge in [-0.05, 0) is 0 Å². The lowest BCUT2D eigenvalue weighted by atomic mass is 10.0. The molecule has 0 radical (unpaired) electrons. The maximum atomic E-state index is 10.7. The largest absolute Gasteiger partial charge is 0.315 e. The Balaban J connectivity index is 0.000000810. The monoisotopic (exact) mass is 166 g/mol. The van der Waals surface area contributed by atoms with Crippen LogP contribution < -0.4 is 10.8 Å². The highest BCUT2D eigenvalue weighted by molar-refractivity contribution is 5.85. The summed E-state index contributed by atoms with van der Waals surface area (Å²) in [5.74, 6) is 0.0844. The number of hydroxylamine groups is 1. The zero-order valence-electron chi connectivity index (χ0n) is 5.72. The number of halogens is 1. The number of amides is 1. The third-order valence-corrected chi connectivity index (χ3v) is 1.35. The molecule has 0 unspecified atom stereocenters. The van der Waals surface area contributed by atoms with Crippen molar-refractivity contribution in [3.8, 4) is 0 Å². The van der Waals surface area contributed by atoms with Gasteiger partial charge in [-0.15, -0.1) is 12.4 Å². The zero-order chi connectivity index (χ0) is 6.69. The molecule has 5 heteroatoms. The van der Waals surface area contributed by atoms with E-state index in [9.17, 15) is 4.79 Å². The van der Waals surface area contributed by atoms with E-state index in [1.807, 2.05) is 0 Å². The van der Waals surface area contributed by atoms with Crippen LogP contribution in [-0.2, 0) is 9.63 Å². The molecule has 4 nitrogen and oxygen atoms in total. The summed E-state index contributed by atoms with van der Waals surface area (Å²) in [6, 6.07) is 0. The van der Waals surface area contributed by atoms with E-state index in [4.69, 9.17) is 0 Å². The van der Waals surface area contributed by atoms with Gasteiger partial charge in [0.05, 0.1) is 13.0 Å². The molecule has 0 bridgehead atoms.